The van der Waals surface area contributed by atoms with E-state index >= 15 is 0 Å². The molecular weight excluding hydrogens is 418 g/mol. The van der Waals surface area contributed by atoms with Crippen LogP contribution in [0.3, 0.4) is 0 Å². The monoisotopic (exact) mass is 443 g/mol. The lowest BCUT2D eigenvalue weighted by Gasteiger charge is -2.34. The van der Waals surface area contributed by atoms with Gasteiger partial charge in [0.25, 0.3) is 0 Å². The van der Waals surface area contributed by atoms with Crippen LogP contribution < -0.4 is 9.47 Å². The molecule has 0 saturated carbocycles. The number of methoxy groups -OCH3 is 2. The molecule has 0 atom stereocenters. The highest BCUT2D eigenvalue weighted by Gasteiger charge is 2.31. The normalized spacial score (nSPS) is 15.7. The maximum absolute atomic E-state index is 13.2. The Balaban J connectivity index is 1.46. The molecule has 0 amide bonds. The summed E-state index contributed by atoms with van der Waals surface area (Å²) < 4.78 is 40.4. The number of benzene rings is 1. The van der Waals surface area contributed by atoms with E-state index in [-0.39, 0.29) is 4.90 Å². The fourth-order valence-electron chi connectivity index (χ4n) is 3.64. The summed E-state index contributed by atoms with van der Waals surface area (Å²) in [7, 11) is -0.734. The highest BCUT2D eigenvalue weighted by molar-refractivity contribution is 7.89. The topological polar surface area (TPSA) is 89.8 Å². The zero-order valence-corrected chi connectivity index (χ0v) is 18.3. The Morgan fingerprint density at radius 2 is 1.68 bits per heavy atom. The van der Waals surface area contributed by atoms with Crippen molar-refractivity contribution in [2.24, 2.45) is 0 Å². The van der Waals surface area contributed by atoms with E-state index in [0.29, 0.717) is 44.3 Å². The molecule has 0 spiro atoms. The third-order valence-corrected chi connectivity index (χ3v) is 7.27. The minimum atomic E-state index is -3.70. The quantitative estimate of drug-likeness (QED) is 0.551. The standard InChI is InChI=1S/C21H25N5O4S/c1-29-18-3-4-20(30-2)21(15-18)31(27,28)25-13-11-24(12-14-25)16-26-19(7-10-23-26)17-5-8-22-9-6-17/h3-10,15H,11-14,16H2,1-2H3. The molecular formula is C21H25N5O4S. The van der Waals surface area contributed by atoms with Gasteiger partial charge in [-0.3, -0.25) is 14.6 Å². The van der Waals surface area contributed by atoms with Gasteiger partial charge in [-0.15, -0.1) is 0 Å². The van der Waals surface area contributed by atoms with Gasteiger partial charge in [-0.1, -0.05) is 0 Å². The van der Waals surface area contributed by atoms with Crippen molar-refractivity contribution < 1.29 is 17.9 Å². The lowest BCUT2D eigenvalue weighted by Crippen LogP contribution is -2.49. The van der Waals surface area contributed by atoms with Crippen molar-refractivity contribution in [2.75, 3.05) is 40.4 Å². The summed E-state index contributed by atoms with van der Waals surface area (Å²) >= 11 is 0. The molecule has 0 N–H and O–H groups in total. The summed E-state index contributed by atoms with van der Waals surface area (Å²) in [5.74, 6) is 0.780. The number of piperazine rings is 1. The van der Waals surface area contributed by atoms with E-state index in [1.165, 1.54) is 24.6 Å². The van der Waals surface area contributed by atoms with Crippen LogP contribution in [0.15, 0.2) is 59.9 Å². The van der Waals surface area contributed by atoms with Gasteiger partial charge >= 0.3 is 0 Å². The first-order valence-corrected chi connectivity index (χ1v) is 11.3. The molecule has 0 radical (unpaired) electrons. The highest BCUT2D eigenvalue weighted by atomic mass is 32.2. The van der Waals surface area contributed by atoms with E-state index in [9.17, 15) is 8.42 Å². The average Bonchev–Trinajstić information content (AvgIpc) is 3.27. The fraction of sp³-hybridized carbons (Fsp3) is 0.333. The van der Waals surface area contributed by atoms with Crippen molar-refractivity contribution in [2.45, 2.75) is 11.6 Å². The van der Waals surface area contributed by atoms with Crippen LogP contribution in [0.2, 0.25) is 0 Å². The summed E-state index contributed by atoms with van der Waals surface area (Å²) in [6.45, 7) is 2.55. The van der Waals surface area contributed by atoms with Crippen LogP contribution in [0.25, 0.3) is 11.3 Å². The predicted octanol–water partition coefficient (Wildman–Crippen LogP) is 1.93. The van der Waals surface area contributed by atoms with Crippen LogP contribution in [-0.2, 0) is 16.7 Å². The van der Waals surface area contributed by atoms with Crippen molar-refractivity contribution in [3.05, 3.63) is 55.0 Å². The van der Waals surface area contributed by atoms with Crippen LogP contribution in [0.5, 0.6) is 11.5 Å². The average molecular weight is 444 g/mol. The third-order valence-electron chi connectivity index (χ3n) is 5.35. The lowest BCUT2D eigenvalue weighted by molar-refractivity contribution is 0.146. The molecule has 0 bridgehead atoms. The zero-order valence-electron chi connectivity index (χ0n) is 17.5. The van der Waals surface area contributed by atoms with Crippen molar-refractivity contribution in [3.63, 3.8) is 0 Å². The molecule has 1 aliphatic heterocycles. The first-order valence-electron chi connectivity index (χ1n) is 9.89. The number of hydrogen-bond acceptors (Lipinski definition) is 7. The van der Waals surface area contributed by atoms with Gasteiger partial charge in [-0.05, 0) is 30.3 Å². The van der Waals surface area contributed by atoms with Gasteiger partial charge < -0.3 is 9.47 Å². The Labute approximate surface area is 181 Å². The van der Waals surface area contributed by atoms with E-state index in [0.717, 1.165) is 11.3 Å². The van der Waals surface area contributed by atoms with Crippen LogP contribution in [0, 0.1) is 0 Å². The number of sulfonamides is 1. The largest absolute Gasteiger partial charge is 0.497 e. The van der Waals surface area contributed by atoms with Gasteiger partial charge in [-0.2, -0.15) is 9.40 Å². The molecule has 0 aliphatic carbocycles. The molecule has 3 aromatic rings. The maximum Gasteiger partial charge on any atom is 0.246 e. The number of nitrogens with zero attached hydrogens (tertiary/aromatic N) is 5. The number of ether oxygens (including phenoxy) is 2. The van der Waals surface area contributed by atoms with E-state index in [4.69, 9.17) is 9.47 Å². The Bertz CT molecular complexity index is 1130. The van der Waals surface area contributed by atoms with Gasteiger partial charge in [0.15, 0.2) is 0 Å². The summed E-state index contributed by atoms with van der Waals surface area (Å²) in [5.41, 5.74) is 2.04. The van der Waals surface area contributed by atoms with Gasteiger partial charge in [0.05, 0.1) is 26.6 Å². The van der Waals surface area contributed by atoms with Gasteiger partial charge in [0.1, 0.15) is 16.4 Å². The summed E-state index contributed by atoms with van der Waals surface area (Å²) in [5, 5.41) is 4.44. The van der Waals surface area contributed by atoms with Crippen molar-refractivity contribution in [3.8, 4) is 22.8 Å². The minimum absolute atomic E-state index is 0.120. The minimum Gasteiger partial charge on any atom is -0.497 e. The molecule has 0 unspecified atom stereocenters. The van der Waals surface area contributed by atoms with Crippen LogP contribution in [0.4, 0.5) is 0 Å². The van der Waals surface area contributed by atoms with Crippen molar-refractivity contribution in [1.82, 2.24) is 24.0 Å². The number of rotatable bonds is 7. The number of hydrogen-bond donors (Lipinski definition) is 0. The smallest absolute Gasteiger partial charge is 0.246 e. The summed E-state index contributed by atoms with van der Waals surface area (Å²) in [4.78, 5) is 6.37. The molecule has 164 valence electrons. The van der Waals surface area contributed by atoms with Gasteiger partial charge in [-0.25, -0.2) is 8.42 Å². The fourth-order valence-corrected chi connectivity index (χ4v) is 5.23. The third kappa shape index (κ3) is 4.41. The molecule has 9 nitrogen and oxygen atoms in total. The van der Waals surface area contributed by atoms with Crippen molar-refractivity contribution >= 4 is 10.0 Å². The maximum atomic E-state index is 13.2. The molecule has 3 heterocycles. The predicted molar refractivity (Wildman–Crippen MR) is 115 cm³/mol. The second kappa shape index (κ2) is 9.04. The molecule has 4 rings (SSSR count). The highest BCUT2D eigenvalue weighted by Crippen LogP contribution is 2.31. The van der Waals surface area contributed by atoms with Gasteiger partial charge in [0.2, 0.25) is 10.0 Å². The SMILES string of the molecule is COc1ccc(OC)c(S(=O)(=O)N2CCN(Cn3nccc3-c3ccncc3)CC2)c1. The summed E-state index contributed by atoms with van der Waals surface area (Å²) in [6.07, 6.45) is 5.28. The van der Waals surface area contributed by atoms with E-state index in [1.807, 2.05) is 22.9 Å². The Hall–Kier alpha value is -2.95. The molecule has 1 aromatic carbocycles. The second-order valence-corrected chi connectivity index (χ2v) is 9.04. The Morgan fingerprint density at radius 3 is 2.35 bits per heavy atom. The van der Waals surface area contributed by atoms with Crippen LogP contribution in [-0.4, -0.2) is 72.8 Å². The molecule has 2 aromatic heterocycles. The zero-order chi connectivity index (χ0) is 21.8. The van der Waals surface area contributed by atoms with Crippen LogP contribution in [0.1, 0.15) is 0 Å². The molecule has 10 heteroatoms. The van der Waals surface area contributed by atoms with Crippen LogP contribution >= 0.6 is 0 Å². The molecule has 1 fully saturated rings. The molecule has 1 aliphatic rings. The first-order chi connectivity index (χ1) is 15.0. The van der Waals surface area contributed by atoms with E-state index in [2.05, 4.69) is 15.0 Å². The van der Waals surface area contributed by atoms with E-state index < -0.39 is 10.0 Å². The molecule has 31 heavy (non-hydrogen) atoms. The number of pyridine rings is 1. The van der Waals surface area contributed by atoms with Crippen molar-refractivity contribution in [1.29, 1.82) is 0 Å². The lowest BCUT2D eigenvalue weighted by atomic mass is 10.2. The Morgan fingerprint density at radius 1 is 0.935 bits per heavy atom. The second-order valence-electron chi connectivity index (χ2n) is 7.13. The molecule has 1 saturated heterocycles. The summed E-state index contributed by atoms with van der Waals surface area (Å²) in [6, 6.07) is 10.6. The van der Waals surface area contributed by atoms with E-state index in [1.54, 1.807) is 30.7 Å². The Kier molecular flexibility index (Phi) is 6.21. The van der Waals surface area contributed by atoms with Gasteiger partial charge in [0, 0.05) is 56.4 Å². The first kappa shape index (κ1) is 21.3. The number of aromatic nitrogens is 3.